The third-order valence-corrected chi connectivity index (χ3v) is 5.19. The summed E-state index contributed by atoms with van der Waals surface area (Å²) < 4.78 is 13.5. The number of rotatable bonds is 3. The number of carbonyl (C=O) groups is 2. The highest BCUT2D eigenvalue weighted by Gasteiger charge is 2.36. The van der Waals surface area contributed by atoms with E-state index in [0.29, 0.717) is 32.2 Å². The van der Waals surface area contributed by atoms with Crippen LogP contribution >= 0.6 is 0 Å². The molecule has 2 fully saturated rings. The predicted molar refractivity (Wildman–Crippen MR) is 83.2 cm³/mol. The molecule has 0 aromatic heterocycles. The van der Waals surface area contributed by atoms with Crippen molar-refractivity contribution in [3.8, 4) is 0 Å². The van der Waals surface area contributed by atoms with Gasteiger partial charge in [-0.1, -0.05) is 12.1 Å². The number of carboxylic acid groups (broad SMARTS) is 1. The van der Waals surface area contributed by atoms with E-state index in [0.717, 1.165) is 18.4 Å². The Morgan fingerprint density at radius 1 is 1.09 bits per heavy atom. The zero-order chi connectivity index (χ0) is 16.4. The van der Waals surface area contributed by atoms with Gasteiger partial charge in [-0.05, 0) is 56.2 Å². The first-order chi connectivity index (χ1) is 11.1. The zero-order valence-electron chi connectivity index (χ0n) is 13.1. The molecular weight excluding hydrogens is 297 g/mol. The number of hydrogen-bond acceptors (Lipinski definition) is 2. The number of nitrogens with zero attached hydrogens (tertiary/aromatic N) is 1. The van der Waals surface area contributed by atoms with Gasteiger partial charge in [0.1, 0.15) is 5.82 Å². The Labute approximate surface area is 135 Å². The third kappa shape index (κ3) is 3.38. The highest BCUT2D eigenvalue weighted by molar-refractivity contribution is 5.80. The van der Waals surface area contributed by atoms with Crippen LogP contribution in [0.1, 0.15) is 50.1 Å². The Balaban J connectivity index is 1.68. The molecule has 0 bridgehead atoms. The summed E-state index contributed by atoms with van der Waals surface area (Å²) in [6.45, 7) is 0.707. The van der Waals surface area contributed by atoms with Crippen molar-refractivity contribution in [1.82, 2.24) is 4.90 Å². The van der Waals surface area contributed by atoms with E-state index in [1.807, 2.05) is 11.0 Å². The molecule has 1 unspecified atom stereocenters. The van der Waals surface area contributed by atoms with Crippen molar-refractivity contribution in [2.24, 2.45) is 11.8 Å². The average Bonchev–Trinajstić information content (AvgIpc) is 3.04. The Bertz CT molecular complexity index is 596. The summed E-state index contributed by atoms with van der Waals surface area (Å²) in [5, 5.41) is 9.06. The molecule has 1 heterocycles. The van der Waals surface area contributed by atoms with Crippen LogP contribution in [0.5, 0.6) is 0 Å². The molecule has 1 saturated carbocycles. The second kappa shape index (κ2) is 6.69. The molecule has 1 aromatic rings. The number of carbonyl (C=O) groups excluding carboxylic acids is 1. The van der Waals surface area contributed by atoms with Crippen molar-refractivity contribution in [2.45, 2.75) is 44.6 Å². The fourth-order valence-electron chi connectivity index (χ4n) is 3.91. The van der Waals surface area contributed by atoms with Crippen molar-refractivity contribution < 1.29 is 19.1 Å². The van der Waals surface area contributed by atoms with Crippen molar-refractivity contribution in [1.29, 1.82) is 0 Å². The maximum Gasteiger partial charge on any atom is 0.306 e. The first-order valence-corrected chi connectivity index (χ1v) is 8.35. The summed E-state index contributed by atoms with van der Waals surface area (Å²) in [4.78, 5) is 25.7. The molecule has 3 rings (SSSR count). The number of aliphatic carboxylic acids is 1. The van der Waals surface area contributed by atoms with Crippen LogP contribution in [-0.2, 0) is 9.59 Å². The van der Waals surface area contributed by atoms with Crippen LogP contribution in [0.4, 0.5) is 4.39 Å². The third-order valence-electron chi connectivity index (χ3n) is 5.19. The quantitative estimate of drug-likeness (QED) is 0.929. The SMILES string of the molecule is O=C(O)C1CCC(C(=O)N2CCCC2c2cccc(F)c2)CC1. The average molecular weight is 319 g/mol. The maximum atomic E-state index is 13.5. The van der Waals surface area contributed by atoms with E-state index in [1.54, 1.807) is 6.07 Å². The molecule has 1 saturated heterocycles. The number of benzene rings is 1. The molecule has 1 aliphatic heterocycles. The lowest BCUT2D eigenvalue weighted by Gasteiger charge is -2.32. The molecular formula is C18H22FNO3. The van der Waals surface area contributed by atoms with E-state index in [-0.39, 0.29) is 29.6 Å². The van der Waals surface area contributed by atoms with Crippen LogP contribution in [0.3, 0.4) is 0 Å². The predicted octanol–water partition coefficient (Wildman–Crippen LogP) is 3.38. The lowest BCUT2D eigenvalue weighted by atomic mass is 9.81. The summed E-state index contributed by atoms with van der Waals surface area (Å²) in [6, 6.07) is 6.44. The van der Waals surface area contributed by atoms with Gasteiger partial charge < -0.3 is 10.0 Å². The number of carboxylic acids is 1. The summed E-state index contributed by atoms with van der Waals surface area (Å²) in [5.74, 6) is -1.31. The number of halogens is 1. The van der Waals surface area contributed by atoms with E-state index in [1.165, 1.54) is 12.1 Å². The van der Waals surface area contributed by atoms with E-state index in [4.69, 9.17) is 5.11 Å². The second-order valence-corrected chi connectivity index (χ2v) is 6.63. The standard InChI is InChI=1S/C18H22FNO3/c19-15-4-1-3-14(11-15)16-5-2-10-20(16)17(21)12-6-8-13(9-7-12)18(22)23/h1,3-4,11-13,16H,2,5-10H2,(H,22,23). The summed E-state index contributed by atoms with van der Waals surface area (Å²) >= 11 is 0. The minimum Gasteiger partial charge on any atom is -0.481 e. The monoisotopic (exact) mass is 319 g/mol. The molecule has 4 nitrogen and oxygen atoms in total. The Morgan fingerprint density at radius 2 is 1.78 bits per heavy atom. The fourth-order valence-corrected chi connectivity index (χ4v) is 3.91. The Hall–Kier alpha value is -1.91. The molecule has 1 N–H and O–H groups in total. The second-order valence-electron chi connectivity index (χ2n) is 6.63. The minimum atomic E-state index is -0.755. The molecule has 0 radical (unpaired) electrons. The van der Waals surface area contributed by atoms with E-state index in [9.17, 15) is 14.0 Å². The van der Waals surface area contributed by atoms with Crippen LogP contribution in [0.25, 0.3) is 0 Å². The minimum absolute atomic E-state index is 0.0459. The van der Waals surface area contributed by atoms with Crippen LogP contribution in [0.2, 0.25) is 0 Å². The van der Waals surface area contributed by atoms with Gasteiger partial charge in [-0.15, -0.1) is 0 Å². The smallest absolute Gasteiger partial charge is 0.306 e. The first-order valence-electron chi connectivity index (χ1n) is 8.35. The molecule has 1 aromatic carbocycles. The molecule has 2 aliphatic rings. The van der Waals surface area contributed by atoms with Gasteiger partial charge in [0.2, 0.25) is 5.91 Å². The van der Waals surface area contributed by atoms with Gasteiger partial charge in [-0.25, -0.2) is 4.39 Å². The normalized spacial score (nSPS) is 27.9. The molecule has 5 heteroatoms. The van der Waals surface area contributed by atoms with Crippen molar-refractivity contribution in [3.63, 3.8) is 0 Å². The van der Waals surface area contributed by atoms with Crippen molar-refractivity contribution in [3.05, 3.63) is 35.6 Å². The fraction of sp³-hybridized carbons (Fsp3) is 0.556. The molecule has 1 atom stereocenters. The van der Waals surface area contributed by atoms with Crippen molar-refractivity contribution >= 4 is 11.9 Å². The van der Waals surface area contributed by atoms with Gasteiger partial charge in [0.25, 0.3) is 0 Å². The lowest BCUT2D eigenvalue weighted by molar-refractivity contribution is -0.146. The van der Waals surface area contributed by atoms with Gasteiger partial charge in [0.05, 0.1) is 12.0 Å². The summed E-state index contributed by atoms with van der Waals surface area (Å²) in [7, 11) is 0. The lowest BCUT2D eigenvalue weighted by Crippen LogP contribution is -2.38. The largest absolute Gasteiger partial charge is 0.481 e. The highest BCUT2D eigenvalue weighted by atomic mass is 19.1. The molecule has 23 heavy (non-hydrogen) atoms. The Kier molecular flexibility index (Phi) is 4.64. The van der Waals surface area contributed by atoms with Gasteiger partial charge >= 0.3 is 5.97 Å². The first kappa shape index (κ1) is 16.0. The molecule has 0 spiro atoms. The van der Waals surface area contributed by atoms with Gasteiger partial charge in [0.15, 0.2) is 0 Å². The van der Waals surface area contributed by atoms with E-state index in [2.05, 4.69) is 0 Å². The number of amides is 1. The Morgan fingerprint density at radius 3 is 2.43 bits per heavy atom. The van der Waals surface area contributed by atoms with Crippen LogP contribution in [0.15, 0.2) is 24.3 Å². The van der Waals surface area contributed by atoms with Crippen LogP contribution in [0, 0.1) is 17.7 Å². The molecule has 1 amide bonds. The van der Waals surface area contributed by atoms with Gasteiger partial charge in [-0.2, -0.15) is 0 Å². The van der Waals surface area contributed by atoms with Crippen molar-refractivity contribution in [2.75, 3.05) is 6.54 Å². The van der Waals surface area contributed by atoms with E-state index < -0.39 is 5.97 Å². The van der Waals surface area contributed by atoms with Crippen LogP contribution < -0.4 is 0 Å². The highest BCUT2D eigenvalue weighted by Crippen LogP contribution is 2.37. The number of likely N-dealkylation sites (tertiary alicyclic amines) is 1. The van der Waals surface area contributed by atoms with Gasteiger partial charge in [-0.3, -0.25) is 9.59 Å². The summed E-state index contributed by atoms with van der Waals surface area (Å²) in [6.07, 6.45) is 4.22. The topological polar surface area (TPSA) is 57.6 Å². The maximum absolute atomic E-state index is 13.5. The van der Waals surface area contributed by atoms with Gasteiger partial charge in [0, 0.05) is 12.5 Å². The van der Waals surface area contributed by atoms with E-state index >= 15 is 0 Å². The summed E-state index contributed by atoms with van der Waals surface area (Å²) in [5.41, 5.74) is 0.857. The zero-order valence-corrected chi connectivity index (χ0v) is 13.1. The molecule has 124 valence electrons. The number of hydrogen-bond donors (Lipinski definition) is 1. The molecule has 1 aliphatic carbocycles. The van der Waals surface area contributed by atoms with Crippen LogP contribution in [-0.4, -0.2) is 28.4 Å².